The summed E-state index contributed by atoms with van der Waals surface area (Å²) in [7, 11) is 0. The highest BCUT2D eigenvalue weighted by Gasteiger charge is 2.07. The third kappa shape index (κ3) is 3.70. The molecule has 106 valence electrons. The molecule has 3 nitrogen and oxygen atoms in total. The van der Waals surface area contributed by atoms with Crippen molar-refractivity contribution in [2.45, 2.75) is 31.1 Å². The predicted molar refractivity (Wildman–Crippen MR) is 78.6 cm³/mol. The molecule has 1 heterocycles. The van der Waals surface area contributed by atoms with Crippen LogP contribution in [-0.2, 0) is 11.2 Å². The number of unbranched alkanes of at least 4 members (excludes halogenated alkanes) is 1. The minimum absolute atomic E-state index is 0.135. The van der Waals surface area contributed by atoms with Crippen LogP contribution >= 0.6 is 11.8 Å². The zero-order valence-electron chi connectivity index (χ0n) is 11.3. The molecular weight excluding hydrogens is 277 g/mol. The van der Waals surface area contributed by atoms with Gasteiger partial charge >= 0.3 is 0 Å². The highest BCUT2D eigenvalue weighted by molar-refractivity contribution is 7.99. The topological polar surface area (TPSA) is 43.1 Å². The normalized spacial score (nSPS) is 12.0. The molecular formula is C15H16FNO2S. The maximum atomic E-state index is 12.3. The average molecular weight is 293 g/mol. The van der Waals surface area contributed by atoms with Crippen molar-refractivity contribution in [3.8, 4) is 0 Å². The summed E-state index contributed by atoms with van der Waals surface area (Å²) in [5.41, 5.74) is 1.70. The van der Waals surface area contributed by atoms with Crippen molar-refractivity contribution in [2.24, 2.45) is 0 Å². The first-order chi connectivity index (χ1) is 9.76. The van der Waals surface area contributed by atoms with E-state index in [0.717, 1.165) is 41.1 Å². The molecule has 0 radical (unpaired) electrons. The van der Waals surface area contributed by atoms with Crippen LogP contribution in [0, 0.1) is 0 Å². The first-order valence-electron chi connectivity index (χ1n) is 6.53. The Kier molecular flexibility index (Phi) is 5.35. The van der Waals surface area contributed by atoms with E-state index in [2.05, 4.69) is 11.9 Å². The molecule has 0 aliphatic heterocycles. The lowest BCUT2D eigenvalue weighted by molar-refractivity contribution is -0.104. The lowest BCUT2D eigenvalue weighted by Gasteiger charge is -1.99. The fourth-order valence-electron chi connectivity index (χ4n) is 1.74. The van der Waals surface area contributed by atoms with Gasteiger partial charge in [0.2, 0.25) is 0 Å². The number of nitrogens with zero attached hydrogens (tertiary/aromatic N) is 1. The van der Waals surface area contributed by atoms with Crippen LogP contribution < -0.4 is 0 Å². The number of aldehydes is 1. The molecule has 1 aromatic carbocycles. The van der Waals surface area contributed by atoms with Gasteiger partial charge in [-0.3, -0.25) is 4.79 Å². The molecule has 2 aromatic rings. The number of carbonyl (C=O) groups is 1. The lowest BCUT2D eigenvalue weighted by Crippen LogP contribution is -1.87. The molecule has 0 fully saturated rings. The Morgan fingerprint density at radius 1 is 1.50 bits per heavy atom. The maximum absolute atomic E-state index is 12.3. The smallest absolute Gasteiger partial charge is 0.195 e. The first-order valence-corrected chi connectivity index (χ1v) is 7.52. The zero-order chi connectivity index (χ0) is 14.4. The Morgan fingerprint density at radius 3 is 3.05 bits per heavy atom. The van der Waals surface area contributed by atoms with E-state index < -0.39 is 0 Å². The van der Waals surface area contributed by atoms with Gasteiger partial charge in [0.15, 0.2) is 11.5 Å². The monoisotopic (exact) mass is 293 g/mol. The number of benzene rings is 1. The number of rotatable bonds is 7. The number of fused-ring (bicyclic) bond motifs is 1. The van der Waals surface area contributed by atoms with Crippen molar-refractivity contribution in [1.82, 2.24) is 4.98 Å². The predicted octanol–water partition coefficient (Wildman–Crippen LogP) is 4.31. The second-order valence-corrected chi connectivity index (χ2v) is 5.48. The quantitative estimate of drug-likeness (QED) is 0.433. The summed E-state index contributed by atoms with van der Waals surface area (Å²) >= 11 is 1.39. The average Bonchev–Trinajstić information content (AvgIpc) is 2.88. The van der Waals surface area contributed by atoms with E-state index in [1.165, 1.54) is 11.8 Å². The molecule has 0 amide bonds. The minimum atomic E-state index is 0.135. The van der Waals surface area contributed by atoms with Gasteiger partial charge < -0.3 is 4.42 Å². The Labute approximate surface area is 121 Å². The minimum Gasteiger partial charge on any atom is -0.441 e. The van der Waals surface area contributed by atoms with Crippen LogP contribution in [0.25, 0.3) is 11.1 Å². The van der Waals surface area contributed by atoms with Crippen LogP contribution in [0.15, 0.2) is 39.4 Å². The van der Waals surface area contributed by atoms with E-state index in [9.17, 15) is 9.18 Å². The Balaban J connectivity index is 2.10. The van der Waals surface area contributed by atoms with E-state index in [-0.39, 0.29) is 5.57 Å². The SMILES string of the molecule is CCCCc1nc2ccc(SC/C(C=O)=C/F)cc2o1. The third-order valence-electron chi connectivity index (χ3n) is 2.85. The molecule has 0 bridgehead atoms. The molecule has 0 spiro atoms. The zero-order valence-corrected chi connectivity index (χ0v) is 12.1. The van der Waals surface area contributed by atoms with Gasteiger partial charge in [0.25, 0.3) is 0 Å². The van der Waals surface area contributed by atoms with Gasteiger partial charge in [0.1, 0.15) is 11.8 Å². The van der Waals surface area contributed by atoms with E-state index in [0.29, 0.717) is 18.4 Å². The molecule has 0 saturated carbocycles. The number of hydrogen-bond donors (Lipinski definition) is 0. The summed E-state index contributed by atoms with van der Waals surface area (Å²) in [4.78, 5) is 15.9. The van der Waals surface area contributed by atoms with Crippen molar-refractivity contribution >= 4 is 29.1 Å². The molecule has 0 atom stereocenters. The molecule has 2 rings (SSSR count). The molecule has 1 aromatic heterocycles. The van der Waals surface area contributed by atoms with Gasteiger partial charge in [-0.25, -0.2) is 9.37 Å². The van der Waals surface area contributed by atoms with E-state index in [4.69, 9.17) is 4.42 Å². The number of oxazole rings is 1. The number of hydrogen-bond acceptors (Lipinski definition) is 4. The van der Waals surface area contributed by atoms with Crippen molar-refractivity contribution in [3.05, 3.63) is 36.0 Å². The van der Waals surface area contributed by atoms with Crippen LogP contribution in [0.3, 0.4) is 0 Å². The summed E-state index contributed by atoms with van der Waals surface area (Å²) < 4.78 is 18.0. The van der Waals surface area contributed by atoms with Gasteiger partial charge in [-0.2, -0.15) is 0 Å². The van der Waals surface area contributed by atoms with Gasteiger partial charge in [-0.15, -0.1) is 11.8 Å². The molecule has 0 aliphatic carbocycles. The summed E-state index contributed by atoms with van der Waals surface area (Å²) in [5, 5.41) is 0. The van der Waals surface area contributed by atoms with E-state index in [1.807, 2.05) is 18.2 Å². The Hall–Kier alpha value is -1.62. The summed E-state index contributed by atoms with van der Waals surface area (Å²) in [6, 6.07) is 5.67. The second kappa shape index (κ2) is 7.24. The van der Waals surface area contributed by atoms with E-state index in [1.54, 1.807) is 0 Å². The van der Waals surface area contributed by atoms with Gasteiger partial charge in [0, 0.05) is 22.6 Å². The van der Waals surface area contributed by atoms with Crippen LogP contribution in [0.1, 0.15) is 25.7 Å². The van der Waals surface area contributed by atoms with E-state index >= 15 is 0 Å². The Morgan fingerprint density at radius 2 is 2.35 bits per heavy atom. The maximum Gasteiger partial charge on any atom is 0.195 e. The van der Waals surface area contributed by atoms with Gasteiger partial charge in [0.05, 0.1) is 6.33 Å². The lowest BCUT2D eigenvalue weighted by atomic mass is 10.2. The summed E-state index contributed by atoms with van der Waals surface area (Å²) in [5.74, 6) is 1.06. The van der Waals surface area contributed by atoms with Crippen LogP contribution in [0.4, 0.5) is 4.39 Å². The highest BCUT2D eigenvalue weighted by atomic mass is 32.2. The third-order valence-corrected chi connectivity index (χ3v) is 3.91. The number of aromatic nitrogens is 1. The second-order valence-electron chi connectivity index (χ2n) is 4.43. The Bertz CT molecular complexity index is 621. The van der Waals surface area contributed by atoms with Crippen LogP contribution in [0.5, 0.6) is 0 Å². The highest BCUT2D eigenvalue weighted by Crippen LogP contribution is 2.25. The fourth-order valence-corrected chi connectivity index (χ4v) is 2.55. The standard InChI is InChI=1S/C15H16FNO2S/c1-2-3-4-15-17-13-6-5-12(7-14(13)19-15)20-10-11(8-16)9-18/h5-9H,2-4,10H2,1H3/b11-8+. The largest absolute Gasteiger partial charge is 0.441 e. The van der Waals surface area contributed by atoms with Crippen molar-refractivity contribution in [2.75, 3.05) is 5.75 Å². The van der Waals surface area contributed by atoms with Crippen molar-refractivity contribution in [3.63, 3.8) is 0 Å². The molecule has 0 unspecified atom stereocenters. The van der Waals surface area contributed by atoms with Crippen LogP contribution in [0.2, 0.25) is 0 Å². The number of halogens is 1. The molecule has 20 heavy (non-hydrogen) atoms. The fraction of sp³-hybridized carbons (Fsp3) is 0.333. The molecule has 0 saturated heterocycles. The summed E-state index contributed by atoms with van der Waals surface area (Å²) in [6.45, 7) is 2.13. The summed E-state index contributed by atoms with van der Waals surface area (Å²) in [6.07, 6.45) is 3.87. The van der Waals surface area contributed by atoms with Crippen molar-refractivity contribution < 1.29 is 13.6 Å². The van der Waals surface area contributed by atoms with Crippen molar-refractivity contribution in [1.29, 1.82) is 0 Å². The molecule has 0 N–H and O–H groups in total. The number of aryl methyl sites for hydroxylation is 1. The number of carbonyl (C=O) groups excluding carboxylic acids is 1. The first kappa shape index (κ1) is 14.8. The molecule has 5 heteroatoms. The van der Waals surface area contributed by atoms with Gasteiger partial charge in [-0.1, -0.05) is 13.3 Å². The van der Waals surface area contributed by atoms with Crippen LogP contribution in [-0.4, -0.2) is 17.0 Å². The molecule has 0 aliphatic rings. The van der Waals surface area contributed by atoms with Gasteiger partial charge in [-0.05, 0) is 24.6 Å². The number of thioether (sulfide) groups is 1.